The summed E-state index contributed by atoms with van der Waals surface area (Å²) in [6.45, 7) is 3.64. The Labute approximate surface area is 189 Å². The molecule has 13 heteroatoms. The zero-order chi connectivity index (χ0) is 24.1. The van der Waals surface area contributed by atoms with Gasteiger partial charge in [0.15, 0.2) is 11.6 Å². The number of nitrogens with one attached hydrogen (secondary N) is 2. The summed E-state index contributed by atoms with van der Waals surface area (Å²) in [6, 6.07) is -1.78. The molecule has 1 fully saturated rings. The van der Waals surface area contributed by atoms with E-state index in [9.17, 15) is 27.5 Å². The number of hydrogen-bond acceptors (Lipinski definition) is 6. The molecular weight excluding hydrogens is 470 g/mol. The van der Waals surface area contributed by atoms with Crippen LogP contribution >= 0.6 is 11.6 Å². The average Bonchev–Trinajstić information content (AvgIpc) is 3.01. The quantitative estimate of drug-likeness (QED) is 0.474. The van der Waals surface area contributed by atoms with Crippen molar-refractivity contribution in [2.24, 2.45) is 0 Å². The predicted octanol–water partition coefficient (Wildman–Crippen LogP) is 4.32. The van der Waals surface area contributed by atoms with E-state index in [4.69, 9.17) is 16.0 Å². The topological polar surface area (TPSA) is 104 Å². The number of fused-ring (bicyclic) bond motifs is 1. The smallest absolute Gasteiger partial charge is 0.416 e. The highest BCUT2D eigenvalue weighted by Crippen LogP contribution is 2.40. The van der Waals surface area contributed by atoms with Crippen LogP contribution in [-0.4, -0.2) is 46.0 Å². The summed E-state index contributed by atoms with van der Waals surface area (Å²) in [5.74, 6) is -1.04. The summed E-state index contributed by atoms with van der Waals surface area (Å²) < 4.78 is 60.3. The number of rotatable bonds is 4. The number of hydrogen-bond donors (Lipinski definition) is 3. The molecule has 2 amide bonds. The number of halogens is 5. The Bertz CT molecular complexity index is 1210. The van der Waals surface area contributed by atoms with Gasteiger partial charge < -0.3 is 25.1 Å². The Kier molecular flexibility index (Phi) is 5.61. The van der Waals surface area contributed by atoms with Gasteiger partial charge >= 0.3 is 12.2 Å². The summed E-state index contributed by atoms with van der Waals surface area (Å²) in [5.41, 5.74) is -0.906. The molecule has 2 aromatic heterocycles. The number of urea groups is 1. The molecule has 0 bridgehead atoms. The number of carbonyl (C=O) groups is 1. The van der Waals surface area contributed by atoms with Crippen molar-refractivity contribution in [3.8, 4) is 0 Å². The first-order valence-electron chi connectivity index (χ1n) is 9.66. The zero-order valence-electron chi connectivity index (χ0n) is 17.3. The Balaban J connectivity index is 1.52. The van der Waals surface area contributed by atoms with E-state index in [-0.39, 0.29) is 27.2 Å². The van der Waals surface area contributed by atoms with Crippen LogP contribution in [-0.2, 0) is 0 Å². The molecule has 4 rings (SSSR count). The number of nitrogens with zero attached hydrogens (tertiary/aromatic N) is 3. The lowest BCUT2D eigenvalue weighted by Crippen LogP contribution is -2.60. The van der Waals surface area contributed by atoms with Crippen LogP contribution in [0.4, 0.5) is 34.0 Å². The maximum atomic E-state index is 13.8. The van der Waals surface area contributed by atoms with Crippen molar-refractivity contribution >= 4 is 40.2 Å². The van der Waals surface area contributed by atoms with Crippen molar-refractivity contribution in [1.29, 1.82) is 0 Å². The summed E-state index contributed by atoms with van der Waals surface area (Å²) in [6.07, 6.45) is -2.46. The third-order valence-electron chi connectivity index (χ3n) is 5.10. The van der Waals surface area contributed by atoms with Crippen LogP contribution in [0, 0.1) is 12.7 Å². The van der Waals surface area contributed by atoms with Gasteiger partial charge in [-0.25, -0.2) is 19.2 Å². The fourth-order valence-electron chi connectivity index (χ4n) is 3.60. The molecular formula is C20H18ClF4N5O3. The minimum Gasteiger partial charge on any atom is -0.457 e. The van der Waals surface area contributed by atoms with Gasteiger partial charge in [0.2, 0.25) is 5.95 Å². The van der Waals surface area contributed by atoms with Gasteiger partial charge in [-0.15, -0.1) is 0 Å². The van der Waals surface area contributed by atoms with Crippen molar-refractivity contribution in [3.63, 3.8) is 0 Å². The second-order valence-electron chi connectivity index (χ2n) is 8.05. The van der Waals surface area contributed by atoms with Gasteiger partial charge in [0, 0.05) is 10.9 Å². The van der Waals surface area contributed by atoms with Gasteiger partial charge in [-0.1, -0.05) is 11.6 Å². The highest BCUT2D eigenvalue weighted by atomic mass is 35.5. The Morgan fingerprint density at radius 1 is 1.30 bits per heavy atom. The molecule has 3 heterocycles. The lowest BCUT2D eigenvalue weighted by molar-refractivity contribution is -0.158. The summed E-state index contributed by atoms with van der Waals surface area (Å²) in [5, 5.41) is 13.7. The molecule has 1 aromatic carbocycles. The van der Waals surface area contributed by atoms with Crippen molar-refractivity contribution in [2.75, 3.05) is 23.3 Å². The molecule has 1 aliphatic rings. The molecule has 0 saturated carbocycles. The van der Waals surface area contributed by atoms with Crippen molar-refractivity contribution in [1.82, 2.24) is 15.3 Å². The number of aryl methyl sites for hydroxylation is 1. The monoisotopic (exact) mass is 487 g/mol. The lowest BCUT2D eigenvalue weighted by Gasteiger charge is -2.44. The second kappa shape index (κ2) is 8.03. The first kappa shape index (κ1) is 23.1. The SMILES string of the molecule is Cc1c([C@@H](NC(=O)Nc2cnc(N3CC(C)(O)C3)nc2)C(F)(F)F)oc2c(Cl)cc(F)cc12. The first-order chi connectivity index (χ1) is 15.3. The highest BCUT2D eigenvalue weighted by molar-refractivity contribution is 6.34. The molecule has 1 saturated heterocycles. The predicted molar refractivity (Wildman–Crippen MR) is 112 cm³/mol. The summed E-state index contributed by atoms with van der Waals surface area (Å²) >= 11 is 5.90. The number of amides is 2. The molecule has 0 spiro atoms. The molecule has 1 atom stereocenters. The van der Waals surface area contributed by atoms with Crippen LogP contribution in [0.15, 0.2) is 28.9 Å². The van der Waals surface area contributed by atoms with Crippen molar-refractivity contribution in [3.05, 3.63) is 46.7 Å². The number of β-amino-alcohol motifs (C(OH)–C–C–N with tert-alkyl or cyclic N) is 1. The number of carbonyl (C=O) groups excluding carboxylic acids is 1. The lowest BCUT2D eigenvalue weighted by atomic mass is 9.98. The molecule has 33 heavy (non-hydrogen) atoms. The van der Waals surface area contributed by atoms with E-state index in [0.717, 1.165) is 12.1 Å². The van der Waals surface area contributed by atoms with E-state index >= 15 is 0 Å². The number of aliphatic hydroxyl groups is 1. The third-order valence-corrected chi connectivity index (χ3v) is 5.38. The minimum absolute atomic E-state index is 0.00728. The third kappa shape index (κ3) is 4.67. The first-order valence-corrected chi connectivity index (χ1v) is 10.0. The molecule has 0 unspecified atom stereocenters. The van der Waals surface area contributed by atoms with Crippen molar-refractivity contribution in [2.45, 2.75) is 31.7 Å². The van der Waals surface area contributed by atoms with Gasteiger partial charge in [0.1, 0.15) is 11.6 Å². The van der Waals surface area contributed by atoms with E-state index in [1.165, 1.54) is 19.3 Å². The highest BCUT2D eigenvalue weighted by Gasteiger charge is 2.45. The van der Waals surface area contributed by atoms with E-state index in [2.05, 4.69) is 15.3 Å². The van der Waals surface area contributed by atoms with Crippen LogP contribution in [0.2, 0.25) is 5.02 Å². The molecule has 1 aliphatic heterocycles. The normalized spacial score (nSPS) is 16.4. The largest absolute Gasteiger partial charge is 0.457 e. The molecule has 176 valence electrons. The van der Waals surface area contributed by atoms with E-state index in [1.807, 2.05) is 5.32 Å². The molecule has 8 nitrogen and oxygen atoms in total. The number of alkyl halides is 3. The van der Waals surface area contributed by atoms with Gasteiger partial charge in [-0.05, 0) is 26.0 Å². The number of anilines is 2. The van der Waals surface area contributed by atoms with Crippen LogP contribution in [0.25, 0.3) is 11.0 Å². The minimum atomic E-state index is -4.92. The Morgan fingerprint density at radius 2 is 1.94 bits per heavy atom. The van der Waals surface area contributed by atoms with E-state index < -0.39 is 35.4 Å². The summed E-state index contributed by atoms with van der Waals surface area (Å²) in [7, 11) is 0. The zero-order valence-corrected chi connectivity index (χ0v) is 18.1. The Hall–Kier alpha value is -3.12. The molecule has 0 aliphatic carbocycles. The standard InChI is InChI=1S/C20H18ClF4N5O3/c1-9-12-3-10(22)4-13(21)15(12)33-14(9)16(20(23,24)25)29-18(31)28-11-5-26-17(27-6-11)30-7-19(2,32)8-30/h3-6,16,32H,7-8H2,1-2H3,(H2,28,29,31)/t16-/m1/s1. The maximum absolute atomic E-state index is 13.8. The van der Waals surface area contributed by atoms with Gasteiger partial charge in [0.05, 0.1) is 41.8 Å². The van der Waals surface area contributed by atoms with Crippen LogP contribution < -0.4 is 15.5 Å². The van der Waals surface area contributed by atoms with Crippen LogP contribution in [0.1, 0.15) is 24.3 Å². The van der Waals surface area contributed by atoms with Crippen molar-refractivity contribution < 1.29 is 31.9 Å². The van der Waals surface area contributed by atoms with Gasteiger partial charge in [-0.3, -0.25) is 0 Å². The Morgan fingerprint density at radius 3 is 2.52 bits per heavy atom. The van der Waals surface area contributed by atoms with Gasteiger partial charge in [-0.2, -0.15) is 13.2 Å². The van der Waals surface area contributed by atoms with E-state index in [0.29, 0.717) is 19.0 Å². The van der Waals surface area contributed by atoms with Gasteiger partial charge in [0.25, 0.3) is 0 Å². The number of benzene rings is 1. The number of furan rings is 1. The number of aromatic nitrogens is 2. The second-order valence-corrected chi connectivity index (χ2v) is 8.46. The van der Waals surface area contributed by atoms with Crippen LogP contribution in [0.3, 0.4) is 0 Å². The average molecular weight is 488 g/mol. The van der Waals surface area contributed by atoms with Crippen LogP contribution in [0.5, 0.6) is 0 Å². The molecule has 3 N–H and O–H groups in total. The molecule has 0 radical (unpaired) electrons. The fourth-order valence-corrected chi connectivity index (χ4v) is 3.84. The fraction of sp³-hybridized carbons (Fsp3) is 0.350. The maximum Gasteiger partial charge on any atom is 0.416 e. The van der Waals surface area contributed by atoms with E-state index in [1.54, 1.807) is 11.8 Å². The molecule has 3 aromatic rings. The summed E-state index contributed by atoms with van der Waals surface area (Å²) in [4.78, 5) is 22.1.